The average molecular weight is 361 g/mol. The van der Waals surface area contributed by atoms with Crippen molar-refractivity contribution in [2.45, 2.75) is 11.5 Å². The third-order valence-corrected chi connectivity index (χ3v) is 3.66. The van der Waals surface area contributed by atoms with E-state index in [0.717, 1.165) is 0 Å². The minimum absolute atomic E-state index is 0.0609. The van der Waals surface area contributed by atoms with Gasteiger partial charge >= 0.3 is 5.97 Å². The van der Waals surface area contributed by atoms with Gasteiger partial charge in [-0.25, -0.2) is 4.79 Å². The fourth-order valence-corrected chi connectivity index (χ4v) is 2.20. The van der Waals surface area contributed by atoms with Crippen molar-refractivity contribution in [2.24, 2.45) is 5.10 Å². The Bertz CT molecular complexity index is 722. The Morgan fingerprint density at radius 2 is 2.22 bits per heavy atom. The number of thioether (sulfide) groups is 1. The molecule has 0 bridgehead atoms. The van der Waals surface area contributed by atoms with Gasteiger partial charge in [-0.05, 0) is 30.3 Å². The highest BCUT2D eigenvalue weighted by Crippen LogP contribution is 2.23. The van der Waals surface area contributed by atoms with Crippen LogP contribution in [0, 0.1) is 0 Å². The average Bonchev–Trinajstić information content (AvgIpc) is 2.94. The second-order valence-corrected chi connectivity index (χ2v) is 5.63. The number of hydrogen-bond acceptors (Lipinski definition) is 5. The minimum atomic E-state index is -2.46. The second kappa shape index (κ2) is 7.98. The summed E-state index contributed by atoms with van der Waals surface area (Å²) >= 11 is 6.40. The van der Waals surface area contributed by atoms with Crippen molar-refractivity contribution in [1.82, 2.24) is 0 Å². The van der Waals surface area contributed by atoms with Crippen LogP contribution >= 0.6 is 23.4 Å². The van der Waals surface area contributed by atoms with Crippen molar-refractivity contribution in [3.05, 3.63) is 52.4 Å². The van der Waals surface area contributed by atoms with Crippen LogP contribution in [0.15, 0.2) is 39.9 Å². The molecule has 23 heavy (non-hydrogen) atoms. The Kier molecular flexibility index (Phi) is 6.00. The van der Waals surface area contributed by atoms with Crippen LogP contribution in [-0.2, 0) is 5.75 Å². The van der Waals surface area contributed by atoms with E-state index in [4.69, 9.17) is 21.1 Å². The molecule has 2 N–H and O–H groups in total. The molecule has 1 aromatic carbocycles. The zero-order valence-electron chi connectivity index (χ0n) is 11.5. The van der Waals surface area contributed by atoms with E-state index >= 15 is 0 Å². The molecule has 0 amide bonds. The van der Waals surface area contributed by atoms with Crippen molar-refractivity contribution in [3.8, 4) is 0 Å². The zero-order valence-corrected chi connectivity index (χ0v) is 13.1. The van der Waals surface area contributed by atoms with Gasteiger partial charge in [0.15, 0.2) is 0 Å². The molecule has 0 atom stereocenters. The van der Waals surface area contributed by atoms with E-state index < -0.39 is 11.7 Å². The van der Waals surface area contributed by atoms with Crippen molar-refractivity contribution in [1.29, 1.82) is 0 Å². The Morgan fingerprint density at radius 3 is 2.91 bits per heavy atom. The molecule has 2 rings (SSSR count). The Hall–Kier alpha value is -2.06. The topological polar surface area (TPSA) is 74.8 Å². The summed E-state index contributed by atoms with van der Waals surface area (Å²) in [7, 11) is 0. The van der Waals surface area contributed by atoms with Crippen LogP contribution in [-0.4, -0.2) is 23.0 Å². The van der Waals surface area contributed by atoms with Gasteiger partial charge in [-0.2, -0.15) is 13.9 Å². The number of rotatable bonds is 7. The zero-order chi connectivity index (χ0) is 16.8. The number of nitrogens with one attached hydrogen (secondary N) is 1. The van der Waals surface area contributed by atoms with Crippen molar-refractivity contribution in [2.75, 3.05) is 5.43 Å². The predicted molar refractivity (Wildman–Crippen MR) is 85.6 cm³/mol. The van der Waals surface area contributed by atoms with Crippen LogP contribution in [0.25, 0.3) is 0 Å². The van der Waals surface area contributed by atoms with Gasteiger partial charge in [-0.15, -0.1) is 0 Å². The molecule has 0 unspecified atom stereocenters. The number of furan rings is 1. The number of carboxylic acids is 1. The predicted octanol–water partition coefficient (Wildman–Crippen LogP) is 4.53. The lowest BCUT2D eigenvalue weighted by molar-refractivity contribution is 0.0697. The van der Waals surface area contributed by atoms with E-state index in [2.05, 4.69) is 10.5 Å². The number of halogens is 3. The molecule has 0 saturated heterocycles. The molecule has 1 aromatic heterocycles. The van der Waals surface area contributed by atoms with Crippen LogP contribution < -0.4 is 5.43 Å². The quantitative estimate of drug-likeness (QED) is 0.560. The number of alkyl halides is 2. The molecular weight excluding hydrogens is 350 g/mol. The summed E-state index contributed by atoms with van der Waals surface area (Å²) in [6.07, 6.45) is 1.33. The maximum absolute atomic E-state index is 12.1. The fourth-order valence-electron chi connectivity index (χ4n) is 1.60. The Balaban J connectivity index is 1.99. The number of hydrogen-bond donors (Lipinski definition) is 2. The Morgan fingerprint density at radius 1 is 1.43 bits per heavy atom. The standard InChI is InChI=1S/C14H11ClF2N2O3S/c15-11-4-1-8(13(20)21)5-12(11)19-18-6-9-2-3-10(22-9)7-23-14(16)17/h1-6,14,19H,7H2,(H,20,21)/b18-6-. The molecule has 1 heterocycles. The highest BCUT2D eigenvalue weighted by atomic mass is 35.5. The molecule has 122 valence electrons. The van der Waals surface area contributed by atoms with Crippen molar-refractivity contribution in [3.63, 3.8) is 0 Å². The van der Waals surface area contributed by atoms with Gasteiger partial charge in [-0.3, -0.25) is 5.43 Å². The number of nitrogens with zero attached hydrogens (tertiary/aromatic N) is 1. The smallest absolute Gasteiger partial charge is 0.335 e. The molecule has 0 aliphatic heterocycles. The summed E-state index contributed by atoms with van der Waals surface area (Å²) in [6.45, 7) is 0. The molecule has 2 aromatic rings. The van der Waals surface area contributed by atoms with Gasteiger partial charge in [0.1, 0.15) is 11.5 Å². The second-order valence-electron chi connectivity index (χ2n) is 4.25. The maximum Gasteiger partial charge on any atom is 0.335 e. The monoisotopic (exact) mass is 360 g/mol. The van der Waals surface area contributed by atoms with Gasteiger partial charge in [-0.1, -0.05) is 23.4 Å². The van der Waals surface area contributed by atoms with E-state index in [1.807, 2.05) is 0 Å². The first kappa shape index (κ1) is 17.3. The summed E-state index contributed by atoms with van der Waals surface area (Å²) in [4.78, 5) is 10.9. The van der Waals surface area contributed by atoms with Crippen LogP contribution in [0.1, 0.15) is 21.9 Å². The molecule has 0 aliphatic rings. The first-order valence-electron chi connectivity index (χ1n) is 6.26. The van der Waals surface area contributed by atoms with Crippen molar-refractivity contribution >= 4 is 41.2 Å². The lowest BCUT2D eigenvalue weighted by atomic mass is 10.2. The minimum Gasteiger partial charge on any atom is -0.478 e. The number of carbonyl (C=O) groups is 1. The summed E-state index contributed by atoms with van der Waals surface area (Å²) < 4.78 is 29.4. The molecule has 0 saturated carbocycles. The molecule has 0 fully saturated rings. The van der Waals surface area contributed by atoms with Gasteiger partial charge < -0.3 is 9.52 Å². The lowest BCUT2D eigenvalue weighted by Gasteiger charge is -2.04. The van der Waals surface area contributed by atoms with E-state index in [-0.39, 0.29) is 11.3 Å². The largest absolute Gasteiger partial charge is 0.478 e. The van der Waals surface area contributed by atoms with Crippen molar-refractivity contribution < 1.29 is 23.1 Å². The van der Waals surface area contributed by atoms with Gasteiger partial charge in [0.2, 0.25) is 0 Å². The van der Waals surface area contributed by atoms with Crippen LogP contribution in [0.5, 0.6) is 0 Å². The number of benzene rings is 1. The number of hydrazone groups is 1. The van der Waals surface area contributed by atoms with Crippen LogP contribution in [0.4, 0.5) is 14.5 Å². The van der Waals surface area contributed by atoms with Gasteiger partial charge in [0, 0.05) is 0 Å². The van der Waals surface area contributed by atoms with Gasteiger partial charge in [0.25, 0.3) is 5.76 Å². The van der Waals surface area contributed by atoms with Crippen LogP contribution in [0.3, 0.4) is 0 Å². The first-order valence-corrected chi connectivity index (χ1v) is 7.69. The third-order valence-electron chi connectivity index (χ3n) is 2.62. The third kappa shape index (κ3) is 5.26. The SMILES string of the molecule is O=C(O)c1ccc(Cl)c(N/N=C\c2ccc(CSC(F)F)o2)c1. The van der Waals surface area contributed by atoms with Crippen LogP contribution in [0.2, 0.25) is 5.02 Å². The Labute approximate surface area is 139 Å². The molecule has 0 spiro atoms. The summed E-state index contributed by atoms with van der Waals surface area (Å²) in [5.74, 6) is -2.70. The molecule has 0 radical (unpaired) electrons. The van der Waals surface area contributed by atoms with E-state index in [0.29, 0.717) is 34.0 Å². The number of aromatic carboxylic acids is 1. The molecule has 9 heteroatoms. The van der Waals surface area contributed by atoms with E-state index in [9.17, 15) is 13.6 Å². The highest BCUT2D eigenvalue weighted by Gasteiger charge is 2.08. The molecule has 5 nitrogen and oxygen atoms in total. The summed E-state index contributed by atoms with van der Waals surface area (Å²) in [6, 6.07) is 7.32. The van der Waals surface area contributed by atoms with E-state index in [1.165, 1.54) is 24.4 Å². The summed E-state index contributed by atoms with van der Waals surface area (Å²) in [5, 5.41) is 13.1. The molecule has 0 aliphatic carbocycles. The normalized spacial score (nSPS) is 11.3. The summed E-state index contributed by atoms with van der Waals surface area (Å²) in [5.41, 5.74) is 2.99. The van der Waals surface area contributed by atoms with Gasteiger partial charge in [0.05, 0.1) is 28.2 Å². The van der Waals surface area contributed by atoms with E-state index in [1.54, 1.807) is 12.1 Å². The first-order chi connectivity index (χ1) is 11.0. The number of anilines is 1. The maximum atomic E-state index is 12.1. The fraction of sp³-hybridized carbons (Fsp3) is 0.143. The number of carboxylic acid groups (broad SMARTS) is 1. The highest BCUT2D eigenvalue weighted by molar-refractivity contribution is 7.98. The molecular formula is C14H11ClF2N2O3S. The lowest BCUT2D eigenvalue weighted by Crippen LogP contribution is -1.98.